The molecule has 11 nitrogen and oxygen atoms in total. The molecule has 0 bridgehead atoms. The summed E-state index contributed by atoms with van der Waals surface area (Å²) in [4.78, 5) is 37.6. The second kappa shape index (κ2) is 16.8. The molecule has 2 aliphatic rings. The second-order valence-corrected chi connectivity index (χ2v) is 9.10. The first-order chi connectivity index (χ1) is 20.7. The minimum absolute atomic E-state index is 0.0348. The lowest BCUT2D eigenvalue weighted by Gasteiger charge is -2.50. The molecule has 3 N–H and O–H groups in total. The Hall–Kier alpha value is -4.20. The van der Waals surface area contributed by atoms with Gasteiger partial charge in [-0.2, -0.15) is 39.5 Å². The number of halogens is 9. The number of carbonyl (C=O) groups is 3. The van der Waals surface area contributed by atoms with Gasteiger partial charge in [0.1, 0.15) is 5.75 Å². The molecule has 4 heterocycles. The Morgan fingerprint density at radius 1 is 0.867 bits per heavy atom. The number of nitrogens with zero attached hydrogens (tertiary/aromatic N) is 3. The van der Waals surface area contributed by atoms with Crippen LogP contribution >= 0.6 is 0 Å². The zero-order valence-corrected chi connectivity index (χ0v) is 22.8. The van der Waals surface area contributed by atoms with Crippen LogP contribution in [0.2, 0.25) is 0 Å². The number of pyridine rings is 2. The van der Waals surface area contributed by atoms with E-state index >= 15 is 0 Å². The summed E-state index contributed by atoms with van der Waals surface area (Å²) < 4.78 is 107. The Balaban J connectivity index is 0.000000396. The number of aliphatic carboxylic acids is 3. The fourth-order valence-corrected chi connectivity index (χ4v) is 3.84. The molecule has 1 atom stereocenters. The van der Waals surface area contributed by atoms with E-state index in [-0.39, 0.29) is 5.60 Å². The maximum Gasteiger partial charge on any atom is 0.490 e. The third-order valence-corrected chi connectivity index (χ3v) is 5.79. The molecule has 0 saturated carbocycles. The maximum atomic E-state index is 10.6. The number of hydrogen-bond acceptors (Lipinski definition) is 8. The van der Waals surface area contributed by atoms with Gasteiger partial charge in [0, 0.05) is 38.6 Å². The lowest BCUT2D eigenvalue weighted by Crippen LogP contribution is -2.64. The molecule has 0 radical (unpaired) electrons. The van der Waals surface area contributed by atoms with Crippen molar-refractivity contribution in [3.8, 4) is 5.75 Å². The van der Waals surface area contributed by atoms with Crippen molar-refractivity contribution in [1.82, 2.24) is 14.9 Å². The predicted molar refractivity (Wildman–Crippen MR) is 132 cm³/mol. The van der Waals surface area contributed by atoms with Crippen molar-refractivity contribution in [2.75, 3.05) is 26.3 Å². The number of likely N-dealkylation sites (tertiary alicyclic amines) is 1. The lowest BCUT2D eigenvalue weighted by molar-refractivity contribution is -0.193. The molecule has 45 heavy (non-hydrogen) atoms. The van der Waals surface area contributed by atoms with Crippen molar-refractivity contribution in [3.63, 3.8) is 0 Å². The van der Waals surface area contributed by atoms with Crippen LogP contribution in [0.4, 0.5) is 39.5 Å². The van der Waals surface area contributed by atoms with E-state index in [1.807, 2.05) is 30.5 Å². The Bertz CT molecular complexity index is 1150. The van der Waals surface area contributed by atoms with E-state index in [4.69, 9.17) is 39.2 Å². The van der Waals surface area contributed by atoms with Gasteiger partial charge in [-0.25, -0.2) is 14.4 Å². The first-order valence-electron chi connectivity index (χ1n) is 12.4. The first-order valence-corrected chi connectivity index (χ1v) is 12.4. The number of hydrogen-bond donors (Lipinski definition) is 3. The monoisotopic (exact) mass is 667 g/mol. The van der Waals surface area contributed by atoms with Crippen LogP contribution in [-0.2, 0) is 25.7 Å². The van der Waals surface area contributed by atoms with Crippen LogP contribution in [0.15, 0.2) is 48.9 Å². The average molecular weight is 667 g/mol. The number of carboxylic acids is 3. The van der Waals surface area contributed by atoms with Crippen LogP contribution in [0.3, 0.4) is 0 Å². The number of alkyl halides is 9. The summed E-state index contributed by atoms with van der Waals surface area (Å²) in [6.07, 6.45) is -7.70. The third kappa shape index (κ3) is 14.4. The van der Waals surface area contributed by atoms with Crippen LogP contribution in [-0.4, -0.2) is 98.5 Å². The second-order valence-electron chi connectivity index (χ2n) is 9.10. The van der Waals surface area contributed by atoms with Gasteiger partial charge in [0.15, 0.2) is 0 Å². The van der Waals surface area contributed by atoms with E-state index in [0.717, 1.165) is 57.1 Å². The van der Waals surface area contributed by atoms with Crippen molar-refractivity contribution in [3.05, 3.63) is 54.6 Å². The largest absolute Gasteiger partial charge is 0.492 e. The van der Waals surface area contributed by atoms with Gasteiger partial charge in [0.05, 0.1) is 24.1 Å². The Labute approximate surface area is 248 Å². The first kappa shape index (κ1) is 38.8. The zero-order valence-electron chi connectivity index (χ0n) is 22.8. The smallest absolute Gasteiger partial charge is 0.490 e. The molecule has 2 aromatic rings. The summed E-state index contributed by atoms with van der Waals surface area (Å²) in [7, 11) is 0. The van der Waals surface area contributed by atoms with Crippen LogP contribution in [0.5, 0.6) is 5.75 Å². The molecule has 0 amide bonds. The lowest BCUT2D eigenvalue weighted by atomic mass is 9.79. The molecule has 1 spiro atoms. The molecule has 0 aromatic carbocycles. The highest BCUT2D eigenvalue weighted by molar-refractivity contribution is 5.73. The summed E-state index contributed by atoms with van der Waals surface area (Å²) in [6.45, 7) is 4.50. The van der Waals surface area contributed by atoms with Crippen LogP contribution in [0, 0.1) is 5.92 Å². The minimum Gasteiger partial charge on any atom is -0.492 e. The molecular weight excluding hydrogens is 641 g/mol. The normalized spacial score (nSPS) is 17.2. The molecule has 252 valence electrons. The number of rotatable bonds is 6. The number of aromatic nitrogens is 2. The molecule has 1 unspecified atom stereocenters. The van der Waals surface area contributed by atoms with Gasteiger partial charge < -0.3 is 24.8 Å². The van der Waals surface area contributed by atoms with E-state index in [0.29, 0.717) is 5.92 Å². The van der Waals surface area contributed by atoms with Crippen molar-refractivity contribution >= 4 is 17.9 Å². The van der Waals surface area contributed by atoms with Crippen molar-refractivity contribution < 1.29 is 78.7 Å². The number of ether oxygens (including phenoxy) is 2. The maximum absolute atomic E-state index is 10.6. The Kier molecular flexibility index (Phi) is 14.5. The van der Waals surface area contributed by atoms with Gasteiger partial charge in [-0.15, -0.1) is 0 Å². The topological polar surface area (TPSA) is 159 Å². The molecule has 2 aliphatic heterocycles. The minimum atomic E-state index is -5.08. The molecule has 20 heteroatoms. The predicted octanol–water partition coefficient (Wildman–Crippen LogP) is 4.44. The SMILES string of the molecule is O=C(O)C(F)(F)F.O=C(O)C(F)(F)F.O=C(O)C(F)(F)F.c1ccc(CN2CC3(C2)OCCC3CCOc2cccnc2)nc1. The van der Waals surface area contributed by atoms with Gasteiger partial charge in [-0.05, 0) is 43.0 Å². The summed E-state index contributed by atoms with van der Waals surface area (Å²) in [6, 6.07) is 9.94. The van der Waals surface area contributed by atoms with Crippen LogP contribution < -0.4 is 4.74 Å². The highest BCUT2D eigenvalue weighted by Gasteiger charge is 2.52. The zero-order chi connectivity index (χ0) is 34.5. The van der Waals surface area contributed by atoms with Gasteiger partial charge in [-0.1, -0.05) is 6.07 Å². The van der Waals surface area contributed by atoms with E-state index in [1.165, 1.54) is 0 Å². The molecule has 0 aliphatic carbocycles. The van der Waals surface area contributed by atoms with Gasteiger partial charge >= 0.3 is 36.4 Å². The Morgan fingerprint density at radius 2 is 1.40 bits per heavy atom. The summed E-state index contributed by atoms with van der Waals surface area (Å²) in [5.74, 6) is -6.85. The highest BCUT2D eigenvalue weighted by Crippen LogP contribution is 2.42. The Morgan fingerprint density at radius 3 is 1.82 bits per heavy atom. The van der Waals surface area contributed by atoms with Crippen LogP contribution in [0.1, 0.15) is 18.5 Å². The summed E-state index contributed by atoms with van der Waals surface area (Å²) >= 11 is 0. The van der Waals surface area contributed by atoms with E-state index in [2.05, 4.69) is 20.9 Å². The molecule has 4 rings (SSSR count). The average Bonchev–Trinajstić information content (AvgIpc) is 3.33. The van der Waals surface area contributed by atoms with Gasteiger partial charge in [-0.3, -0.25) is 14.9 Å². The highest BCUT2D eigenvalue weighted by atomic mass is 19.4. The quantitative estimate of drug-likeness (QED) is 0.374. The fraction of sp³-hybridized carbons (Fsp3) is 0.480. The fourth-order valence-electron chi connectivity index (χ4n) is 3.84. The van der Waals surface area contributed by atoms with Crippen molar-refractivity contribution in [2.45, 2.75) is 43.5 Å². The molecular formula is C25H26F9N3O8. The third-order valence-electron chi connectivity index (χ3n) is 5.79. The molecule has 2 saturated heterocycles. The number of carboxylic acid groups (broad SMARTS) is 3. The molecule has 2 aromatic heterocycles. The van der Waals surface area contributed by atoms with Gasteiger partial charge in [0.25, 0.3) is 0 Å². The van der Waals surface area contributed by atoms with E-state index in [1.54, 1.807) is 12.4 Å². The van der Waals surface area contributed by atoms with Gasteiger partial charge in [0.2, 0.25) is 0 Å². The van der Waals surface area contributed by atoms with E-state index < -0.39 is 36.4 Å². The standard InChI is InChI=1S/C19H23N3O2.3C2HF3O2/c1-2-9-21-17(4-1)13-22-14-19(15-22)16(7-11-24-19)6-10-23-18-5-3-8-20-12-18;3*3-2(4,5)1(6)7/h1-5,8-9,12,16H,6-7,10-11,13-15H2;3*(H,6,7). The van der Waals surface area contributed by atoms with E-state index in [9.17, 15) is 39.5 Å². The summed E-state index contributed by atoms with van der Waals surface area (Å²) in [5.41, 5.74) is 1.16. The summed E-state index contributed by atoms with van der Waals surface area (Å²) in [5, 5.41) is 21.4. The van der Waals surface area contributed by atoms with Crippen molar-refractivity contribution in [2.24, 2.45) is 5.92 Å². The van der Waals surface area contributed by atoms with Crippen molar-refractivity contribution in [1.29, 1.82) is 0 Å². The molecule has 2 fully saturated rings. The van der Waals surface area contributed by atoms with Crippen LogP contribution in [0.25, 0.3) is 0 Å².